The van der Waals surface area contributed by atoms with Crippen LogP contribution < -0.4 is 10.5 Å². The molecule has 0 radical (unpaired) electrons. The summed E-state index contributed by atoms with van der Waals surface area (Å²) in [6.45, 7) is 7.23. The fourth-order valence-electron chi connectivity index (χ4n) is 2.23. The van der Waals surface area contributed by atoms with Crippen LogP contribution in [0, 0.1) is 5.41 Å². The molecule has 0 aliphatic heterocycles. The summed E-state index contributed by atoms with van der Waals surface area (Å²) < 4.78 is 27.2. The lowest BCUT2D eigenvalue weighted by Gasteiger charge is -2.23. The maximum Gasteiger partial charge on any atom is 0.240 e. The Balaban J connectivity index is 3.36. The predicted molar refractivity (Wildman–Crippen MR) is 97.9 cm³/mol. The zero-order valence-electron chi connectivity index (χ0n) is 14.9. The SMILES string of the molecule is CCCCNS(=O)(=O)c1ccc(Cl)c(C(C(N)=O)C(=O)C(C)(C)C)c1. The van der Waals surface area contributed by atoms with Crippen molar-refractivity contribution >= 4 is 33.3 Å². The third-order valence-corrected chi connectivity index (χ3v) is 5.50. The summed E-state index contributed by atoms with van der Waals surface area (Å²) in [7, 11) is -3.76. The average Bonchev–Trinajstić information content (AvgIpc) is 2.48. The molecule has 0 aliphatic rings. The van der Waals surface area contributed by atoms with Crippen LogP contribution in [0.5, 0.6) is 0 Å². The van der Waals surface area contributed by atoms with E-state index < -0.39 is 33.0 Å². The number of hydrogen-bond acceptors (Lipinski definition) is 4. The maximum absolute atomic E-state index is 12.6. The minimum absolute atomic E-state index is 0.0593. The van der Waals surface area contributed by atoms with Crippen molar-refractivity contribution in [1.29, 1.82) is 0 Å². The number of benzene rings is 1. The molecule has 0 bridgehead atoms. The van der Waals surface area contributed by atoms with Gasteiger partial charge in [0.2, 0.25) is 15.9 Å². The molecule has 1 rings (SSSR count). The standard InChI is InChI=1S/C17H25ClN2O4S/c1-5-6-9-20-25(23,24)11-7-8-13(18)12(10-11)14(16(19)22)15(21)17(2,3)4/h7-8,10,14,20H,5-6,9H2,1-4H3,(H2,19,22). The van der Waals surface area contributed by atoms with Gasteiger partial charge in [-0.05, 0) is 30.2 Å². The Hall–Kier alpha value is -1.44. The number of hydrogen-bond donors (Lipinski definition) is 2. The summed E-state index contributed by atoms with van der Waals surface area (Å²) in [5.41, 5.74) is 4.68. The molecular formula is C17H25ClN2O4S. The van der Waals surface area contributed by atoms with Crippen LogP contribution in [-0.4, -0.2) is 26.7 Å². The highest BCUT2D eigenvalue weighted by Gasteiger charge is 2.36. The van der Waals surface area contributed by atoms with Gasteiger partial charge in [0, 0.05) is 17.0 Å². The molecule has 0 heterocycles. The van der Waals surface area contributed by atoms with Crippen LogP contribution in [-0.2, 0) is 19.6 Å². The molecule has 0 fully saturated rings. The number of nitrogens with one attached hydrogen (secondary N) is 1. The molecule has 140 valence electrons. The molecule has 0 aromatic heterocycles. The van der Waals surface area contributed by atoms with Crippen molar-refractivity contribution in [3.8, 4) is 0 Å². The van der Waals surface area contributed by atoms with E-state index in [1.807, 2.05) is 6.92 Å². The molecule has 0 aliphatic carbocycles. The fraction of sp³-hybridized carbons (Fsp3) is 0.529. The third-order valence-electron chi connectivity index (χ3n) is 3.70. The predicted octanol–water partition coefficient (Wildman–Crippen LogP) is 2.60. The molecule has 0 saturated carbocycles. The van der Waals surface area contributed by atoms with Gasteiger partial charge in [0.25, 0.3) is 0 Å². The van der Waals surface area contributed by atoms with Crippen molar-refractivity contribution in [3.05, 3.63) is 28.8 Å². The number of carbonyl (C=O) groups is 2. The summed E-state index contributed by atoms with van der Waals surface area (Å²) in [4.78, 5) is 24.4. The Bertz CT molecular complexity index is 754. The van der Waals surface area contributed by atoms with Crippen LogP contribution in [0.3, 0.4) is 0 Å². The lowest BCUT2D eigenvalue weighted by Crippen LogP contribution is -2.36. The number of carbonyl (C=O) groups excluding carboxylic acids is 2. The van der Waals surface area contributed by atoms with Gasteiger partial charge in [-0.25, -0.2) is 13.1 Å². The summed E-state index contributed by atoms with van der Waals surface area (Å²) in [5.74, 6) is -2.59. The number of unbranched alkanes of at least 4 members (excludes halogenated alkanes) is 1. The largest absolute Gasteiger partial charge is 0.369 e. The van der Waals surface area contributed by atoms with Gasteiger partial charge < -0.3 is 5.73 Å². The van der Waals surface area contributed by atoms with Crippen LogP contribution >= 0.6 is 11.6 Å². The van der Waals surface area contributed by atoms with E-state index in [0.717, 1.165) is 6.42 Å². The van der Waals surface area contributed by atoms with E-state index in [1.54, 1.807) is 20.8 Å². The van der Waals surface area contributed by atoms with E-state index in [4.69, 9.17) is 17.3 Å². The second kappa shape index (κ2) is 8.29. The first kappa shape index (κ1) is 21.6. The molecule has 1 atom stereocenters. The summed E-state index contributed by atoms with van der Waals surface area (Å²) in [5, 5.41) is 0.119. The van der Waals surface area contributed by atoms with Crippen LogP contribution in [0.1, 0.15) is 52.0 Å². The van der Waals surface area contributed by atoms with Crippen LogP contribution in [0.25, 0.3) is 0 Å². The smallest absolute Gasteiger partial charge is 0.240 e. The number of ketones is 1. The molecular weight excluding hydrogens is 364 g/mol. The molecule has 6 nitrogen and oxygen atoms in total. The summed E-state index contributed by atoms with van der Waals surface area (Å²) >= 11 is 6.13. The Morgan fingerprint density at radius 3 is 2.36 bits per heavy atom. The van der Waals surface area contributed by atoms with Crippen molar-refractivity contribution in [2.45, 2.75) is 51.3 Å². The van der Waals surface area contributed by atoms with Crippen molar-refractivity contribution in [2.75, 3.05) is 6.54 Å². The molecule has 1 unspecified atom stereocenters. The van der Waals surface area contributed by atoms with Gasteiger partial charge in [0.15, 0.2) is 5.78 Å². The van der Waals surface area contributed by atoms with Crippen molar-refractivity contribution in [2.24, 2.45) is 11.1 Å². The number of nitrogens with two attached hydrogens (primary N) is 1. The van der Waals surface area contributed by atoms with Crippen molar-refractivity contribution in [3.63, 3.8) is 0 Å². The number of amides is 1. The summed E-state index contributed by atoms with van der Waals surface area (Å²) in [6, 6.07) is 3.94. The van der Waals surface area contributed by atoms with E-state index in [0.29, 0.717) is 13.0 Å². The van der Waals surface area contributed by atoms with Crippen LogP contribution in [0.4, 0.5) is 0 Å². The number of primary amides is 1. The third kappa shape index (κ3) is 5.52. The van der Waals surface area contributed by atoms with Gasteiger partial charge in [-0.2, -0.15) is 0 Å². The van der Waals surface area contributed by atoms with Crippen molar-refractivity contribution < 1.29 is 18.0 Å². The molecule has 1 amide bonds. The molecule has 1 aromatic rings. The number of rotatable bonds is 8. The Morgan fingerprint density at radius 2 is 1.88 bits per heavy atom. The molecule has 0 saturated heterocycles. The van der Waals surface area contributed by atoms with Crippen LogP contribution in [0.15, 0.2) is 23.1 Å². The van der Waals surface area contributed by atoms with E-state index in [1.165, 1.54) is 18.2 Å². The molecule has 8 heteroatoms. The van der Waals surface area contributed by atoms with E-state index >= 15 is 0 Å². The monoisotopic (exact) mass is 388 g/mol. The highest BCUT2D eigenvalue weighted by atomic mass is 35.5. The van der Waals surface area contributed by atoms with E-state index in [9.17, 15) is 18.0 Å². The van der Waals surface area contributed by atoms with Crippen LogP contribution in [0.2, 0.25) is 5.02 Å². The van der Waals surface area contributed by atoms with E-state index in [-0.39, 0.29) is 15.5 Å². The van der Waals surface area contributed by atoms with E-state index in [2.05, 4.69) is 4.72 Å². The maximum atomic E-state index is 12.6. The number of Topliss-reactive ketones (excluding diaryl/α,β-unsaturated/α-hetero) is 1. The topological polar surface area (TPSA) is 106 Å². The van der Waals surface area contributed by atoms with Crippen molar-refractivity contribution in [1.82, 2.24) is 4.72 Å². The van der Waals surface area contributed by atoms with Gasteiger partial charge in [0.05, 0.1) is 4.90 Å². The number of sulfonamides is 1. The highest BCUT2D eigenvalue weighted by molar-refractivity contribution is 7.89. The van der Waals surface area contributed by atoms with Gasteiger partial charge >= 0.3 is 0 Å². The van der Waals surface area contributed by atoms with Gasteiger partial charge in [-0.15, -0.1) is 0 Å². The Labute approximate surface area is 154 Å². The minimum Gasteiger partial charge on any atom is -0.369 e. The molecule has 1 aromatic carbocycles. The van der Waals surface area contributed by atoms with Gasteiger partial charge in [-0.1, -0.05) is 45.7 Å². The fourth-order valence-corrected chi connectivity index (χ4v) is 3.57. The van der Waals surface area contributed by atoms with Gasteiger partial charge in [0.1, 0.15) is 5.92 Å². The summed E-state index contributed by atoms with van der Waals surface area (Å²) in [6.07, 6.45) is 1.55. The zero-order valence-corrected chi connectivity index (χ0v) is 16.5. The zero-order chi connectivity index (χ0) is 19.4. The Morgan fingerprint density at radius 1 is 1.28 bits per heavy atom. The molecule has 3 N–H and O–H groups in total. The normalized spacial score (nSPS) is 13.5. The van der Waals surface area contributed by atoms with Gasteiger partial charge in [-0.3, -0.25) is 9.59 Å². The lowest BCUT2D eigenvalue weighted by atomic mass is 9.79. The Kier molecular flexibility index (Phi) is 7.17. The first-order valence-electron chi connectivity index (χ1n) is 8.04. The minimum atomic E-state index is -3.76. The average molecular weight is 389 g/mol. The number of halogens is 1. The second-order valence-electron chi connectivity index (χ2n) is 6.88. The highest BCUT2D eigenvalue weighted by Crippen LogP contribution is 2.33. The molecule has 25 heavy (non-hydrogen) atoms. The lowest BCUT2D eigenvalue weighted by molar-refractivity contribution is -0.133. The first-order chi connectivity index (χ1) is 11.4. The first-order valence-corrected chi connectivity index (χ1v) is 9.90. The quantitative estimate of drug-likeness (QED) is 0.527. The molecule has 0 spiro atoms. The second-order valence-corrected chi connectivity index (χ2v) is 9.06.